The Morgan fingerprint density at radius 2 is 2.03 bits per heavy atom. The predicted molar refractivity (Wildman–Crippen MR) is 109 cm³/mol. The van der Waals surface area contributed by atoms with Gasteiger partial charge in [0, 0.05) is 6.07 Å². The first kappa shape index (κ1) is 19.4. The Morgan fingerprint density at radius 3 is 2.79 bits per heavy atom. The molecule has 10 heteroatoms. The van der Waals surface area contributed by atoms with E-state index in [9.17, 15) is 4.79 Å². The number of ether oxygens (including phenoxy) is 1. The summed E-state index contributed by atoms with van der Waals surface area (Å²) in [5, 5.41) is 19.8. The lowest BCUT2D eigenvalue weighted by molar-refractivity contribution is -0.113. The van der Waals surface area contributed by atoms with Crippen LogP contribution in [0.4, 0.5) is 5.82 Å². The number of amides is 1. The van der Waals surface area contributed by atoms with Crippen molar-refractivity contribution in [3.8, 4) is 5.75 Å². The van der Waals surface area contributed by atoms with Gasteiger partial charge in [-0.25, -0.2) is 9.36 Å². The zero-order valence-electron chi connectivity index (χ0n) is 16.2. The number of nitrogens with one attached hydrogen (secondary N) is 1. The van der Waals surface area contributed by atoms with E-state index in [2.05, 4.69) is 25.9 Å². The number of methoxy groups -OCH3 is 1. The average molecular weight is 414 g/mol. The van der Waals surface area contributed by atoms with Gasteiger partial charge in [-0.1, -0.05) is 36.7 Å². The minimum atomic E-state index is -0.103. The molecule has 29 heavy (non-hydrogen) atoms. The van der Waals surface area contributed by atoms with Crippen LogP contribution in [-0.4, -0.2) is 48.8 Å². The fourth-order valence-electron chi connectivity index (χ4n) is 3.47. The Morgan fingerprint density at radius 1 is 1.24 bits per heavy atom. The summed E-state index contributed by atoms with van der Waals surface area (Å²) < 4.78 is 8.79. The Hall–Kier alpha value is -2.88. The fraction of sp³-hybridized carbons (Fsp3) is 0.421. The van der Waals surface area contributed by atoms with E-state index in [4.69, 9.17) is 4.74 Å². The van der Waals surface area contributed by atoms with Crippen LogP contribution in [0.5, 0.6) is 5.75 Å². The number of hydrogen-bond acceptors (Lipinski definition) is 7. The van der Waals surface area contributed by atoms with Crippen LogP contribution in [0.25, 0.3) is 0 Å². The van der Waals surface area contributed by atoms with Crippen molar-refractivity contribution in [1.29, 1.82) is 0 Å². The lowest BCUT2D eigenvalue weighted by Crippen LogP contribution is -2.19. The number of benzene rings is 1. The molecule has 1 fully saturated rings. The van der Waals surface area contributed by atoms with E-state index in [1.165, 1.54) is 24.6 Å². The van der Waals surface area contributed by atoms with E-state index in [1.807, 2.05) is 35.0 Å². The highest BCUT2D eigenvalue weighted by atomic mass is 32.2. The van der Waals surface area contributed by atoms with Crippen LogP contribution in [0, 0.1) is 0 Å². The normalized spacial score (nSPS) is 14.2. The zero-order valence-corrected chi connectivity index (χ0v) is 17.0. The molecule has 0 bridgehead atoms. The van der Waals surface area contributed by atoms with Gasteiger partial charge in [-0.15, -0.1) is 5.10 Å². The topological polar surface area (TPSA) is 99.8 Å². The molecule has 2 aromatic heterocycles. The van der Waals surface area contributed by atoms with Gasteiger partial charge in [0.05, 0.1) is 31.6 Å². The molecule has 1 aliphatic carbocycles. The molecule has 152 valence electrons. The fourth-order valence-corrected chi connectivity index (χ4v) is 4.14. The van der Waals surface area contributed by atoms with E-state index >= 15 is 0 Å². The number of nitrogens with zero attached hydrogens (tertiary/aromatic N) is 6. The second-order valence-corrected chi connectivity index (χ2v) is 7.85. The first-order chi connectivity index (χ1) is 14.2. The molecule has 2 heterocycles. The Labute approximate surface area is 172 Å². The van der Waals surface area contributed by atoms with Crippen molar-refractivity contribution in [1.82, 2.24) is 30.0 Å². The molecule has 0 saturated heterocycles. The molecule has 1 aliphatic rings. The van der Waals surface area contributed by atoms with E-state index in [0.29, 0.717) is 17.7 Å². The Bertz CT molecular complexity index is 948. The SMILES string of the molecule is COc1ccc(Cn2nnnc2SCC(=O)Nc2ccnn2C2CCCC2)cc1. The Balaban J connectivity index is 1.33. The van der Waals surface area contributed by atoms with E-state index < -0.39 is 0 Å². The number of anilines is 1. The van der Waals surface area contributed by atoms with Crippen molar-refractivity contribution in [2.24, 2.45) is 0 Å². The molecule has 0 unspecified atom stereocenters. The van der Waals surface area contributed by atoms with Crippen molar-refractivity contribution in [2.45, 2.75) is 43.4 Å². The number of thioether (sulfide) groups is 1. The van der Waals surface area contributed by atoms with Crippen LogP contribution in [0.3, 0.4) is 0 Å². The Kier molecular flexibility index (Phi) is 6.09. The second-order valence-electron chi connectivity index (χ2n) is 6.90. The number of aromatic nitrogens is 6. The van der Waals surface area contributed by atoms with Crippen LogP contribution in [0.15, 0.2) is 41.7 Å². The van der Waals surface area contributed by atoms with Gasteiger partial charge >= 0.3 is 0 Å². The maximum absolute atomic E-state index is 12.4. The lowest BCUT2D eigenvalue weighted by atomic mass is 10.2. The van der Waals surface area contributed by atoms with Gasteiger partial charge in [-0.3, -0.25) is 4.79 Å². The number of tetrazole rings is 1. The van der Waals surface area contributed by atoms with Crippen LogP contribution >= 0.6 is 11.8 Å². The van der Waals surface area contributed by atoms with E-state index in [0.717, 1.165) is 30.0 Å². The molecule has 1 aromatic carbocycles. The number of carbonyl (C=O) groups is 1. The van der Waals surface area contributed by atoms with Crippen LogP contribution in [0.2, 0.25) is 0 Å². The molecule has 0 aliphatic heterocycles. The van der Waals surface area contributed by atoms with Crippen molar-refractivity contribution >= 4 is 23.5 Å². The van der Waals surface area contributed by atoms with Crippen LogP contribution in [0.1, 0.15) is 37.3 Å². The molecule has 0 spiro atoms. The minimum Gasteiger partial charge on any atom is -0.497 e. The predicted octanol–water partition coefficient (Wildman–Crippen LogP) is 2.77. The molecule has 4 rings (SSSR count). The van der Waals surface area contributed by atoms with Gasteiger partial charge in [-0.05, 0) is 41.0 Å². The highest BCUT2D eigenvalue weighted by Crippen LogP contribution is 2.31. The summed E-state index contributed by atoms with van der Waals surface area (Å²) in [5.74, 6) is 1.67. The van der Waals surface area contributed by atoms with Gasteiger partial charge in [0.25, 0.3) is 0 Å². The van der Waals surface area contributed by atoms with Gasteiger partial charge in [0.15, 0.2) is 0 Å². The molecule has 0 radical (unpaired) electrons. The standard InChI is InChI=1S/C19H23N7O2S/c1-28-16-8-6-14(7-9-16)12-25-19(22-23-24-25)29-13-18(27)21-17-10-11-20-26(17)15-4-2-3-5-15/h6-11,15H,2-5,12-13H2,1H3,(H,21,27). The van der Waals surface area contributed by atoms with Gasteiger partial charge < -0.3 is 10.1 Å². The summed E-state index contributed by atoms with van der Waals surface area (Å²) in [6.45, 7) is 0.523. The van der Waals surface area contributed by atoms with Gasteiger partial charge in [-0.2, -0.15) is 5.10 Å². The number of carbonyl (C=O) groups excluding carboxylic acids is 1. The van der Waals surface area contributed by atoms with Crippen molar-refractivity contribution in [3.63, 3.8) is 0 Å². The van der Waals surface area contributed by atoms with Crippen LogP contribution < -0.4 is 10.1 Å². The molecule has 9 nitrogen and oxygen atoms in total. The van der Waals surface area contributed by atoms with Gasteiger partial charge in [0.1, 0.15) is 11.6 Å². The van der Waals surface area contributed by atoms with E-state index in [1.54, 1.807) is 18.0 Å². The quantitative estimate of drug-likeness (QED) is 0.567. The monoisotopic (exact) mass is 413 g/mol. The molecule has 1 N–H and O–H groups in total. The second kappa shape index (κ2) is 9.08. The smallest absolute Gasteiger partial charge is 0.235 e. The summed E-state index contributed by atoms with van der Waals surface area (Å²) in [6, 6.07) is 9.94. The highest BCUT2D eigenvalue weighted by Gasteiger charge is 2.20. The highest BCUT2D eigenvalue weighted by molar-refractivity contribution is 7.99. The summed E-state index contributed by atoms with van der Waals surface area (Å²) in [4.78, 5) is 12.4. The average Bonchev–Trinajstić information content (AvgIpc) is 3.49. The number of rotatable bonds is 8. The minimum absolute atomic E-state index is 0.103. The summed E-state index contributed by atoms with van der Waals surface area (Å²) in [6.07, 6.45) is 6.38. The van der Waals surface area contributed by atoms with Crippen molar-refractivity contribution < 1.29 is 9.53 Å². The molecule has 1 amide bonds. The molecule has 1 saturated carbocycles. The molecule has 3 aromatic rings. The third-order valence-corrected chi connectivity index (χ3v) is 5.89. The first-order valence-electron chi connectivity index (χ1n) is 9.58. The summed E-state index contributed by atoms with van der Waals surface area (Å²) in [5.41, 5.74) is 1.05. The summed E-state index contributed by atoms with van der Waals surface area (Å²) >= 11 is 1.31. The maximum Gasteiger partial charge on any atom is 0.235 e. The maximum atomic E-state index is 12.4. The number of hydrogen-bond donors (Lipinski definition) is 1. The lowest BCUT2D eigenvalue weighted by Gasteiger charge is -2.14. The van der Waals surface area contributed by atoms with Crippen molar-refractivity contribution in [2.75, 3.05) is 18.2 Å². The van der Waals surface area contributed by atoms with Crippen molar-refractivity contribution in [3.05, 3.63) is 42.1 Å². The molecular weight excluding hydrogens is 390 g/mol. The summed E-state index contributed by atoms with van der Waals surface area (Å²) in [7, 11) is 1.64. The van der Waals surface area contributed by atoms with Crippen LogP contribution in [-0.2, 0) is 11.3 Å². The van der Waals surface area contributed by atoms with Gasteiger partial charge in [0.2, 0.25) is 11.1 Å². The molecular formula is C19H23N7O2S. The molecule has 0 atom stereocenters. The van der Waals surface area contributed by atoms with E-state index in [-0.39, 0.29) is 11.7 Å². The largest absolute Gasteiger partial charge is 0.497 e. The third kappa shape index (κ3) is 4.76. The zero-order chi connectivity index (χ0) is 20.1. The first-order valence-corrected chi connectivity index (χ1v) is 10.6. The third-order valence-electron chi connectivity index (χ3n) is 4.93.